The number of aromatic nitrogens is 1. The number of rotatable bonds is 3. The van der Waals surface area contributed by atoms with Gasteiger partial charge in [-0.1, -0.05) is 0 Å². The SMILES string of the molecule is O=C(O)c1c[nH]c(=O)c(C(F)F)c1CCl. The highest BCUT2D eigenvalue weighted by molar-refractivity contribution is 6.17. The zero-order valence-corrected chi connectivity index (χ0v) is 8.02. The summed E-state index contributed by atoms with van der Waals surface area (Å²) in [4.78, 5) is 23.6. The first-order valence-electron chi connectivity index (χ1n) is 3.81. The molecule has 0 aliphatic heterocycles. The Kier molecular flexibility index (Phi) is 3.41. The van der Waals surface area contributed by atoms with Crippen molar-refractivity contribution in [2.24, 2.45) is 0 Å². The van der Waals surface area contributed by atoms with Gasteiger partial charge in [0.25, 0.3) is 12.0 Å². The van der Waals surface area contributed by atoms with Gasteiger partial charge in [0.15, 0.2) is 0 Å². The Morgan fingerprint density at radius 1 is 1.60 bits per heavy atom. The highest BCUT2D eigenvalue weighted by Crippen LogP contribution is 2.23. The Balaban J connectivity index is 3.54. The molecule has 2 N–H and O–H groups in total. The van der Waals surface area contributed by atoms with Gasteiger partial charge in [0.1, 0.15) is 0 Å². The predicted octanol–water partition coefficient (Wildman–Crippen LogP) is 1.75. The van der Waals surface area contributed by atoms with Gasteiger partial charge in [0, 0.05) is 12.1 Å². The predicted molar refractivity (Wildman–Crippen MR) is 48.5 cm³/mol. The summed E-state index contributed by atoms with van der Waals surface area (Å²) >= 11 is 5.35. The molecule has 0 aliphatic carbocycles. The molecule has 0 spiro atoms. The van der Waals surface area contributed by atoms with Crippen molar-refractivity contribution in [3.63, 3.8) is 0 Å². The molecule has 0 saturated heterocycles. The maximum Gasteiger partial charge on any atom is 0.337 e. The van der Waals surface area contributed by atoms with Crippen LogP contribution in [0.4, 0.5) is 8.78 Å². The van der Waals surface area contributed by atoms with Gasteiger partial charge in [-0.3, -0.25) is 4.79 Å². The third kappa shape index (κ3) is 2.15. The first-order valence-corrected chi connectivity index (χ1v) is 4.34. The van der Waals surface area contributed by atoms with E-state index in [-0.39, 0.29) is 5.56 Å². The number of alkyl halides is 3. The van der Waals surface area contributed by atoms with E-state index in [0.717, 1.165) is 6.20 Å². The number of carboxylic acid groups (broad SMARTS) is 1. The van der Waals surface area contributed by atoms with Gasteiger partial charge < -0.3 is 10.1 Å². The number of aromatic amines is 1. The molecule has 0 fully saturated rings. The average Bonchev–Trinajstić information content (AvgIpc) is 2.15. The van der Waals surface area contributed by atoms with Crippen LogP contribution in [0.2, 0.25) is 0 Å². The Morgan fingerprint density at radius 2 is 2.20 bits per heavy atom. The lowest BCUT2D eigenvalue weighted by Crippen LogP contribution is -2.19. The molecule has 82 valence electrons. The Bertz CT molecular complexity index is 444. The van der Waals surface area contributed by atoms with Crippen molar-refractivity contribution in [3.8, 4) is 0 Å². The number of carboxylic acids is 1. The maximum atomic E-state index is 12.4. The van der Waals surface area contributed by atoms with Crippen molar-refractivity contribution in [3.05, 3.63) is 33.2 Å². The summed E-state index contributed by atoms with van der Waals surface area (Å²) in [6.07, 6.45) is -2.20. The summed E-state index contributed by atoms with van der Waals surface area (Å²) in [5.74, 6) is -1.87. The van der Waals surface area contributed by atoms with Crippen LogP contribution in [-0.2, 0) is 5.88 Å². The number of hydrogen-bond acceptors (Lipinski definition) is 2. The molecule has 0 saturated carbocycles. The number of halogens is 3. The number of carbonyl (C=O) groups is 1. The van der Waals surface area contributed by atoms with Gasteiger partial charge in [0.05, 0.1) is 11.1 Å². The van der Waals surface area contributed by atoms with Crippen LogP contribution in [0.25, 0.3) is 0 Å². The minimum Gasteiger partial charge on any atom is -0.478 e. The molecule has 1 heterocycles. The zero-order chi connectivity index (χ0) is 11.6. The molecule has 0 unspecified atom stereocenters. The van der Waals surface area contributed by atoms with Gasteiger partial charge in [-0.25, -0.2) is 13.6 Å². The van der Waals surface area contributed by atoms with Crippen LogP contribution >= 0.6 is 11.6 Å². The zero-order valence-electron chi connectivity index (χ0n) is 7.26. The molecule has 0 amide bonds. The third-order valence-electron chi connectivity index (χ3n) is 1.82. The van der Waals surface area contributed by atoms with E-state index in [4.69, 9.17) is 16.7 Å². The second-order valence-electron chi connectivity index (χ2n) is 2.66. The fraction of sp³-hybridized carbons (Fsp3) is 0.250. The van der Waals surface area contributed by atoms with Crippen LogP contribution in [0.1, 0.15) is 27.9 Å². The van der Waals surface area contributed by atoms with Crippen LogP contribution in [-0.4, -0.2) is 16.1 Å². The van der Waals surface area contributed by atoms with Gasteiger partial charge in [-0.15, -0.1) is 11.6 Å². The first kappa shape index (κ1) is 11.6. The quantitative estimate of drug-likeness (QED) is 0.787. The number of aromatic carboxylic acids is 1. The number of H-pyrrole nitrogens is 1. The second kappa shape index (κ2) is 4.39. The van der Waals surface area contributed by atoms with E-state index < -0.39 is 35.0 Å². The molecule has 0 aliphatic rings. The van der Waals surface area contributed by atoms with Gasteiger partial charge in [-0.05, 0) is 5.56 Å². The van der Waals surface area contributed by atoms with Crippen LogP contribution in [0.3, 0.4) is 0 Å². The van der Waals surface area contributed by atoms with Gasteiger partial charge >= 0.3 is 5.97 Å². The van der Waals surface area contributed by atoms with Crippen molar-refractivity contribution in [1.82, 2.24) is 4.98 Å². The summed E-state index contributed by atoms with van der Waals surface area (Å²) in [7, 11) is 0. The Morgan fingerprint density at radius 3 is 2.60 bits per heavy atom. The smallest absolute Gasteiger partial charge is 0.337 e. The normalized spacial score (nSPS) is 10.7. The largest absolute Gasteiger partial charge is 0.478 e. The summed E-state index contributed by atoms with van der Waals surface area (Å²) in [5, 5.41) is 8.67. The highest BCUT2D eigenvalue weighted by Gasteiger charge is 2.22. The van der Waals surface area contributed by atoms with Crippen molar-refractivity contribution in [2.75, 3.05) is 0 Å². The van der Waals surface area contributed by atoms with Crippen LogP contribution in [0, 0.1) is 0 Å². The number of nitrogens with one attached hydrogen (secondary N) is 1. The molecule has 4 nitrogen and oxygen atoms in total. The molecule has 15 heavy (non-hydrogen) atoms. The molecule has 0 aromatic carbocycles. The highest BCUT2D eigenvalue weighted by atomic mass is 35.5. The van der Waals surface area contributed by atoms with Gasteiger partial charge in [-0.2, -0.15) is 0 Å². The lowest BCUT2D eigenvalue weighted by molar-refractivity contribution is 0.0694. The van der Waals surface area contributed by atoms with Crippen molar-refractivity contribution >= 4 is 17.6 Å². The molecule has 1 aromatic rings. The third-order valence-corrected chi connectivity index (χ3v) is 2.09. The van der Waals surface area contributed by atoms with E-state index in [1.165, 1.54) is 0 Å². The minimum atomic E-state index is -3.05. The summed E-state index contributed by atoms with van der Waals surface area (Å²) in [6, 6.07) is 0. The van der Waals surface area contributed by atoms with Crippen molar-refractivity contribution in [1.29, 1.82) is 0 Å². The van der Waals surface area contributed by atoms with E-state index in [2.05, 4.69) is 0 Å². The summed E-state index contributed by atoms with van der Waals surface area (Å²) < 4.78 is 24.9. The van der Waals surface area contributed by atoms with Crippen LogP contribution in [0.15, 0.2) is 11.0 Å². The molecule has 0 atom stereocenters. The van der Waals surface area contributed by atoms with E-state index in [1.807, 2.05) is 4.98 Å². The van der Waals surface area contributed by atoms with Crippen molar-refractivity contribution in [2.45, 2.75) is 12.3 Å². The van der Waals surface area contributed by atoms with Gasteiger partial charge in [0.2, 0.25) is 0 Å². The first-order chi connectivity index (χ1) is 6.99. The summed E-state index contributed by atoms with van der Waals surface area (Å²) in [5.41, 5.74) is -2.67. The molecule has 0 bridgehead atoms. The fourth-order valence-corrected chi connectivity index (χ4v) is 1.44. The van der Waals surface area contributed by atoms with E-state index >= 15 is 0 Å². The minimum absolute atomic E-state index is 0.345. The van der Waals surface area contributed by atoms with E-state index in [9.17, 15) is 18.4 Å². The monoisotopic (exact) mass is 237 g/mol. The second-order valence-corrected chi connectivity index (χ2v) is 2.93. The van der Waals surface area contributed by atoms with Crippen molar-refractivity contribution < 1.29 is 18.7 Å². The van der Waals surface area contributed by atoms with Crippen LogP contribution in [0.5, 0.6) is 0 Å². The molecule has 7 heteroatoms. The maximum absolute atomic E-state index is 12.4. The van der Waals surface area contributed by atoms with E-state index in [0.29, 0.717) is 0 Å². The fourth-order valence-electron chi connectivity index (χ4n) is 1.15. The average molecular weight is 238 g/mol. The molecule has 0 radical (unpaired) electrons. The molecule has 1 aromatic heterocycles. The summed E-state index contributed by atoms with van der Waals surface area (Å²) in [6.45, 7) is 0. The van der Waals surface area contributed by atoms with E-state index in [1.54, 1.807) is 0 Å². The topological polar surface area (TPSA) is 70.2 Å². The van der Waals surface area contributed by atoms with Crippen LogP contribution < -0.4 is 5.56 Å². The molecular weight excluding hydrogens is 232 g/mol. The number of pyridine rings is 1. The lowest BCUT2D eigenvalue weighted by atomic mass is 10.1. The molecule has 1 rings (SSSR count). The standard InChI is InChI=1S/C8H6ClF2NO3/c9-1-3-4(8(14)15)2-12-7(13)5(3)6(10)11/h2,6H,1H2,(H,12,13)(H,14,15). The molecular formula is C8H6ClF2NO3. The Hall–Kier alpha value is -1.43. The number of hydrogen-bond donors (Lipinski definition) is 2. The lowest BCUT2D eigenvalue weighted by Gasteiger charge is -2.07. The Labute approximate surface area is 87.5 Å².